The van der Waals surface area contributed by atoms with Gasteiger partial charge < -0.3 is 0 Å². The molecule has 2 nitrogen and oxygen atoms in total. The fraction of sp³-hybridized carbons (Fsp3) is 0.375. The van der Waals surface area contributed by atoms with Crippen LogP contribution in [-0.2, 0) is 3.42 Å². The third-order valence-corrected chi connectivity index (χ3v) is 2.09. The van der Waals surface area contributed by atoms with Crippen molar-refractivity contribution < 1.29 is 0 Å². The number of hydrogen-bond donors (Lipinski definition) is 1. The van der Waals surface area contributed by atoms with Gasteiger partial charge in [-0.25, -0.2) is 0 Å². The van der Waals surface area contributed by atoms with Gasteiger partial charge in [0.2, 0.25) is 0 Å². The van der Waals surface area contributed by atoms with E-state index in [0.29, 0.717) is 0 Å². The molecule has 0 aliphatic carbocycles. The molecule has 0 saturated heterocycles. The lowest BCUT2D eigenvalue weighted by atomic mass is 10.0. The van der Waals surface area contributed by atoms with Crippen LogP contribution in [0.1, 0.15) is 25.1 Å². The summed E-state index contributed by atoms with van der Waals surface area (Å²) in [5, 5.41) is 6.85. The van der Waals surface area contributed by atoms with Gasteiger partial charge in [0.15, 0.2) is 0 Å². The number of nitrogens with one attached hydrogen (secondary N) is 1. The maximum Gasteiger partial charge on any atom is 0.0617 e. The normalized spacial score (nSPS) is 11.5. The number of aromatic nitrogens is 2. The third-order valence-electron chi connectivity index (χ3n) is 1.51. The lowest BCUT2D eigenvalue weighted by molar-refractivity contribution is 0.825. The second-order valence-corrected chi connectivity index (χ2v) is 5.57. The average Bonchev–Trinajstić information content (AvgIpc) is 2.31. The SMILES string of the molecule is C=Cc1[nH]ncc1C(C)(C)I. The smallest absolute Gasteiger partial charge is 0.0617 e. The van der Waals surface area contributed by atoms with Crippen molar-refractivity contribution in [2.75, 3.05) is 0 Å². The Morgan fingerprint density at radius 1 is 1.73 bits per heavy atom. The molecule has 0 saturated carbocycles. The van der Waals surface area contributed by atoms with Crippen molar-refractivity contribution in [2.45, 2.75) is 17.3 Å². The Kier molecular flexibility index (Phi) is 2.37. The van der Waals surface area contributed by atoms with Crippen molar-refractivity contribution in [3.63, 3.8) is 0 Å². The van der Waals surface area contributed by atoms with E-state index in [-0.39, 0.29) is 3.42 Å². The highest BCUT2D eigenvalue weighted by molar-refractivity contribution is 14.1. The van der Waals surface area contributed by atoms with Gasteiger partial charge in [0.05, 0.1) is 11.9 Å². The van der Waals surface area contributed by atoms with Crippen LogP contribution in [0.4, 0.5) is 0 Å². The van der Waals surface area contributed by atoms with Gasteiger partial charge in [-0.2, -0.15) is 5.10 Å². The Bertz CT molecular complexity index is 257. The largest absolute Gasteiger partial charge is 0.278 e. The van der Waals surface area contributed by atoms with Crippen molar-refractivity contribution in [3.05, 3.63) is 24.0 Å². The highest BCUT2D eigenvalue weighted by atomic mass is 127. The molecule has 11 heavy (non-hydrogen) atoms. The predicted molar refractivity (Wildman–Crippen MR) is 55.7 cm³/mol. The minimum atomic E-state index is 0.119. The van der Waals surface area contributed by atoms with Gasteiger partial charge in [-0.05, 0) is 19.9 Å². The van der Waals surface area contributed by atoms with Crippen molar-refractivity contribution >= 4 is 28.7 Å². The first-order chi connectivity index (χ1) is 5.05. The van der Waals surface area contributed by atoms with Crippen LogP contribution in [-0.4, -0.2) is 10.2 Å². The predicted octanol–water partition coefficient (Wildman–Crippen LogP) is 2.72. The van der Waals surface area contributed by atoms with E-state index >= 15 is 0 Å². The number of halogens is 1. The van der Waals surface area contributed by atoms with Crippen molar-refractivity contribution in [3.8, 4) is 0 Å². The van der Waals surface area contributed by atoms with E-state index in [1.54, 1.807) is 6.08 Å². The molecule has 1 heterocycles. The lowest BCUT2D eigenvalue weighted by Gasteiger charge is -2.14. The van der Waals surface area contributed by atoms with Gasteiger partial charge in [0.1, 0.15) is 0 Å². The van der Waals surface area contributed by atoms with Crippen LogP contribution in [0.5, 0.6) is 0 Å². The summed E-state index contributed by atoms with van der Waals surface area (Å²) in [5.41, 5.74) is 2.22. The zero-order valence-electron chi connectivity index (χ0n) is 6.69. The quantitative estimate of drug-likeness (QED) is 0.644. The molecule has 1 aromatic heterocycles. The Morgan fingerprint density at radius 2 is 2.36 bits per heavy atom. The van der Waals surface area contributed by atoms with Crippen LogP contribution in [0.2, 0.25) is 0 Å². The molecule has 0 radical (unpaired) electrons. The van der Waals surface area contributed by atoms with Crippen LogP contribution in [0, 0.1) is 0 Å². The first kappa shape index (κ1) is 8.77. The minimum absolute atomic E-state index is 0.119. The summed E-state index contributed by atoms with van der Waals surface area (Å²) in [6.45, 7) is 7.99. The number of alkyl halides is 1. The Morgan fingerprint density at radius 3 is 2.73 bits per heavy atom. The summed E-state index contributed by atoms with van der Waals surface area (Å²) in [5.74, 6) is 0. The number of aromatic amines is 1. The fourth-order valence-corrected chi connectivity index (χ4v) is 1.36. The van der Waals surface area contributed by atoms with Crippen molar-refractivity contribution in [1.82, 2.24) is 10.2 Å². The van der Waals surface area contributed by atoms with E-state index in [1.165, 1.54) is 5.56 Å². The summed E-state index contributed by atoms with van der Waals surface area (Å²) in [6.07, 6.45) is 3.65. The van der Waals surface area contributed by atoms with E-state index in [2.05, 4.69) is 53.2 Å². The second-order valence-electron chi connectivity index (χ2n) is 2.87. The highest BCUT2D eigenvalue weighted by Crippen LogP contribution is 2.32. The van der Waals surface area contributed by atoms with Crippen molar-refractivity contribution in [1.29, 1.82) is 0 Å². The van der Waals surface area contributed by atoms with Gasteiger partial charge in [0.25, 0.3) is 0 Å². The molecule has 0 unspecified atom stereocenters. The summed E-state index contributed by atoms with van der Waals surface area (Å²) >= 11 is 2.38. The van der Waals surface area contributed by atoms with Gasteiger partial charge in [0, 0.05) is 8.99 Å². The molecule has 60 valence electrons. The molecular formula is C8H11IN2. The highest BCUT2D eigenvalue weighted by Gasteiger charge is 2.19. The van der Waals surface area contributed by atoms with E-state index in [4.69, 9.17) is 0 Å². The lowest BCUT2D eigenvalue weighted by Crippen LogP contribution is -2.06. The van der Waals surface area contributed by atoms with E-state index in [9.17, 15) is 0 Å². The summed E-state index contributed by atoms with van der Waals surface area (Å²) in [6, 6.07) is 0. The summed E-state index contributed by atoms with van der Waals surface area (Å²) < 4.78 is 0.119. The first-order valence-electron chi connectivity index (χ1n) is 3.41. The van der Waals surface area contributed by atoms with Crippen LogP contribution >= 0.6 is 22.6 Å². The number of nitrogens with zero attached hydrogens (tertiary/aromatic N) is 1. The fourth-order valence-electron chi connectivity index (χ4n) is 0.925. The molecule has 1 N–H and O–H groups in total. The zero-order valence-corrected chi connectivity index (χ0v) is 8.84. The topological polar surface area (TPSA) is 28.7 Å². The number of rotatable bonds is 2. The first-order valence-corrected chi connectivity index (χ1v) is 4.49. The maximum atomic E-state index is 3.96. The Labute approximate surface area is 80.2 Å². The molecule has 0 bridgehead atoms. The molecular weight excluding hydrogens is 251 g/mol. The molecule has 1 rings (SSSR count). The standard InChI is InChI=1S/C8H11IN2/c1-4-7-6(5-10-11-7)8(2,3)9/h4-5H,1H2,2-3H3,(H,10,11). The van der Waals surface area contributed by atoms with Gasteiger partial charge in [-0.3, -0.25) is 5.10 Å². The third kappa shape index (κ3) is 1.83. The summed E-state index contributed by atoms with van der Waals surface area (Å²) in [4.78, 5) is 0. The summed E-state index contributed by atoms with van der Waals surface area (Å²) in [7, 11) is 0. The average molecular weight is 262 g/mol. The number of H-pyrrole nitrogens is 1. The molecule has 3 heteroatoms. The van der Waals surface area contributed by atoms with Crippen molar-refractivity contribution in [2.24, 2.45) is 0 Å². The Balaban J connectivity index is 3.12. The van der Waals surface area contributed by atoms with E-state index < -0.39 is 0 Å². The zero-order chi connectivity index (χ0) is 8.48. The van der Waals surface area contributed by atoms with Gasteiger partial charge >= 0.3 is 0 Å². The van der Waals surface area contributed by atoms with Gasteiger partial charge in [-0.1, -0.05) is 29.2 Å². The van der Waals surface area contributed by atoms with Crippen LogP contribution in [0.25, 0.3) is 6.08 Å². The molecule has 0 spiro atoms. The molecule has 0 aliphatic heterocycles. The van der Waals surface area contributed by atoms with Gasteiger partial charge in [-0.15, -0.1) is 0 Å². The van der Waals surface area contributed by atoms with E-state index in [1.807, 2.05) is 6.20 Å². The molecule has 0 amide bonds. The minimum Gasteiger partial charge on any atom is -0.278 e. The molecule has 0 atom stereocenters. The van der Waals surface area contributed by atoms with Crippen LogP contribution in [0.3, 0.4) is 0 Å². The molecule has 0 aromatic carbocycles. The maximum absolute atomic E-state index is 3.96. The monoisotopic (exact) mass is 262 g/mol. The molecule has 0 fully saturated rings. The Hall–Kier alpha value is -0.320. The van der Waals surface area contributed by atoms with Crippen LogP contribution < -0.4 is 0 Å². The van der Waals surface area contributed by atoms with Crippen LogP contribution in [0.15, 0.2) is 12.8 Å². The molecule has 0 aliphatic rings. The van der Waals surface area contributed by atoms with E-state index in [0.717, 1.165) is 5.69 Å². The second kappa shape index (κ2) is 2.97. The number of hydrogen-bond acceptors (Lipinski definition) is 1. The molecule has 1 aromatic rings.